The van der Waals surface area contributed by atoms with Gasteiger partial charge in [0.2, 0.25) is 0 Å². The van der Waals surface area contributed by atoms with E-state index in [2.05, 4.69) is 15.3 Å². The molecule has 5 nitrogen and oxygen atoms in total. The van der Waals surface area contributed by atoms with Crippen LogP contribution in [-0.4, -0.2) is 40.4 Å². The lowest BCUT2D eigenvalue weighted by atomic mass is 10.0. The quantitative estimate of drug-likeness (QED) is 0.892. The van der Waals surface area contributed by atoms with Crippen molar-refractivity contribution >= 4 is 16.7 Å². The first-order valence-corrected chi connectivity index (χ1v) is 6.21. The Morgan fingerprint density at radius 1 is 1.30 bits per heavy atom. The minimum absolute atomic E-state index is 0.220. The summed E-state index contributed by atoms with van der Waals surface area (Å²) >= 11 is 0. The molecule has 2 heterocycles. The normalized spacial score (nSPS) is 22.4. The fourth-order valence-corrected chi connectivity index (χ4v) is 2.18. The Labute approximate surface area is 113 Å². The number of rotatable bonds is 3. The molecule has 1 unspecified atom stereocenters. The molecule has 1 aromatic carbocycles. The fraction of sp³-hybridized carbons (Fsp3) is 0.385. The third kappa shape index (κ3) is 2.41. The predicted octanol–water partition coefficient (Wildman–Crippen LogP) is 1.47. The smallest absolute Gasteiger partial charge is 0.161 e. The van der Waals surface area contributed by atoms with Crippen LogP contribution in [0.1, 0.15) is 6.42 Å². The number of hydrogen-bond acceptors (Lipinski definition) is 5. The van der Waals surface area contributed by atoms with Crippen LogP contribution in [-0.2, 0) is 4.74 Å². The molecule has 0 saturated carbocycles. The molecule has 1 aliphatic heterocycles. The lowest BCUT2D eigenvalue weighted by molar-refractivity contribution is 0.0381. The molecule has 0 aliphatic carbocycles. The molecule has 106 valence electrons. The van der Waals surface area contributed by atoms with Crippen LogP contribution in [0.5, 0.6) is 0 Å². The number of fused-ring (bicyclic) bond motifs is 1. The van der Waals surface area contributed by atoms with Gasteiger partial charge in [0.05, 0.1) is 12.1 Å². The molecule has 20 heavy (non-hydrogen) atoms. The van der Waals surface area contributed by atoms with Crippen molar-refractivity contribution in [2.45, 2.75) is 12.0 Å². The van der Waals surface area contributed by atoms with E-state index in [1.54, 1.807) is 0 Å². The van der Waals surface area contributed by atoms with Gasteiger partial charge in [-0.2, -0.15) is 0 Å². The van der Waals surface area contributed by atoms with E-state index in [1.807, 2.05) is 0 Å². The summed E-state index contributed by atoms with van der Waals surface area (Å²) in [7, 11) is 0. The van der Waals surface area contributed by atoms with Crippen molar-refractivity contribution in [1.82, 2.24) is 9.97 Å². The second-order valence-corrected chi connectivity index (χ2v) is 4.89. The molecule has 1 aromatic heterocycles. The first kappa shape index (κ1) is 13.1. The highest BCUT2D eigenvalue weighted by atomic mass is 19.2. The number of halogens is 2. The molecule has 0 radical (unpaired) electrons. The first-order chi connectivity index (χ1) is 9.57. The van der Waals surface area contributed by atoms with Crippen LogP contribution in [0.4, 0.5) is 14.6 Å². The standard InChI is InChI=1S/C13H13F2N3O2/c14-9-3-8-11(4-10(9)15)17-7-18-12(8)16-5-13(19)1-2-20-6-13/h3-4,7,19H,1-2,5-6H2,(H,16,17,18). The zero-order valence-electron chi connectivity index (χ0n) is 10.6. The highest BCUT2D eigenvalue weighted by Crippen LogP contribution is 2.24. The van der Waals surface area contributed by atoms with Gasteiger partial charge < -0.3 is 15.2 Å². The summed E-state index contributed by atoms with van der Waals surface area (Å²) < 4.78 is 31.6. The van der Waals surface area contributed by atoms with Gasteiger partial charge in [-0.05, 0) is 6.07 Å². The maximum absolute atomic E-state index is 13.3. The van der Waals surface area contributed by atoms with Crippen LogP contribution >= 0.6 is 0 Å². The molecular weight excluding hydrogens is 268 g/mol. The van der Waals surface area contributed by atoms with E-state index < -0.39 is 17.2 Å². The van der Waals surface area contributed by atoms with Gasteiger partial charge in [-0.25, -0.2) is 18.7 Å². The first-order valence-electron chi connectivity index (χ1n) is 6.21. The molecular formula is C13H13F2N3O2. The number of anilines is 1. The van der Waals surface area contributed by atoms with Crippen molar-refractivity contribution in [3.8, 4) is 0 Å². The summed E-state index contributed by atoms with van der Waals surface area (Å²) in [5.74, 6) is -1.56. The number of nitrogens with one attached hydrogen (secondary N) is 1. The van der Waals surface area contributed by atoms with E-state index >= 15 is 0 Å². The third-order valence-electron chi connectivity index (χ3n) is 3.34. The highest BCUT2D eigenvalue weighted by Gasteiger charge is 2.32. The molecule has 1 fully saturated rings. The Morgan fingerprint density at radius 2 is 2.10 bits per heavy atom. The summed E-state index contributed by atoms with van der Waals surface area (Å²) in [5.41, 5.74) is -0.661. The Bertz CT molecular complexity index is 645. The Kier molecular flexibility index (Phi) is 3.23. The molecule has 2 N–H and O–H groups in total. The summed E-state index contributed by atoms with van der Waals surface area (Å²) in [6.07, 6.45) is 1.78. The fourth-order valence-electron chi connectivity index (χ4n) is 2.18. The average molecular weight is 281 g/mol. The number of aliphatic hydroxyl groups is 1. The zero-order valence-corrected chi connectivity index (χ0v) is 10.6. The van der Waals surface area contributed by atoms with E-state index in [0.29, 0.717) is 29.7 Å². The molecule has 0 spiro atoms. The van der Waals surface area contributed by atoms with Gasteiger partial charge in [-0.1, -0.05) is 0 Å². The maximum atomic E-state index is 13.3. The Balaban J connectivity index is 1.89. The van der Waals surface area contributed by atoms with Crippen molar-refractivity contribution in [3.63, 3.8) is 0 Å². The van der Waals surface area contributed by atoms with Crippen LogP contribution < -0.4 is 5.32 Å². The van der Waals surface area contributed by atoms with Crippen LogP contribution in [0.25, 0.3) is 10.9 Å². The molecule has 1 saturated heterocycles. The number of ether oxygens (including phenoxy) is 1. The SMILES string of the molecule is OC1(CNc2ncnc3cc(F)c(F)cc23)CCOC1. The van der Waals surface area contributed by atoms with E-state index in [9.17, 15) is 13.9 Å². The highest BCUT2D eigenvalue weighted by molar-refractivity contribution is 5.88. The van der Waals surface area contributed by atoms with Gasteiger partial charge in [-0.3, -0.25) is 0 Å². The number of hydrogen-bond donors (Lipinski definition) is 2. The van der Waals surface area contributed by atoms with Gasteiger partial charge in [0.25, 0.3) is 0 Å². The summed E-state index contributed by atoms with van der Waals surface area (Å²) in [5, 5.41) is 13.5. The number of aromatic nitrogens is 2. The minimum atomic E-state index is -0.962. The lowest BCUT2D eigenvalue weighted by Crippen LogP contribution is -2.37. The summed E-state index contributed by atoms with van der Waals surface area (Å²) in [6.45, 7) is 0.965. The second-order valence-electron chi connectivity index (χ2n) is 4.89. The van der Waals surface area contributed by atoms with Crippen LogP contribution in [0.2, 0.25) is 0 Å². The van der Waals surface area contributed by atoms with E-state index in [0.717, 1.165) is 12.1 Å². The Morgan fingerprint density at radius 3 is 2.85 bits per heavy atom. The van der Waals surface area contributed by atoms with Crippen molar-refractivity contribution in [1.29, 1.82) is 0 Å². The van der Waals surface area contributed by atoms with E-state index in [-0.39, 0.29) is 13.2 Å². The van der Waals surface area contributed by atoms with Crippen LogP contribution in [0, 0.1) is 11.6 Å². The topological polar surface area (TPSA) is 67.3 Å². The lowest BCUT2D eigenvalue weighted by Gasteiger charge is -2.21. The molecule has 7 heteroatoms. The second kappa shape index (κ2) is 4.92. The number of nitrogens with zero attached hydrogens (tertiary/aromatic N) is 2. The van der Waals surface area contributed by atoms with Gasteiger partial charge in [-0.15, -0.1) is 0 Å². The van der Waals surface area contributed by atoms with Gasteiger partial charge in [0, 0.05) is 31.0 Å². The van der Waals surface area contributed by atoms with Gasteiger partial charge in [0.15, 0.2) is 11.6 Å². The Hall–Kier alpha value is -1.86. The molecule has 3 rings (SSSR count). The van der Waals surface area contributed by atoms with Crippen LogP contribution in [0.3, 0.4) is 0 Å². The zero-order chi connectivity index (χ0) is 14.2. The third-order valence-corrected chi connectivity index (χ3v) is 3.34. The van der Waals surface area contributed by atoms with Gasteiger partial charge >= 0.3 is 0 Å². The largest absolute Gasteiger partial charge is 0.386 e. The van der Waals surface area contributed by atoms with Crippen LogP contribution in [0.15, 0.2) is 18.5 Å². The van der Waals surface area contributed by atoms with E-state index in [1.165, 1.54) is 6.33 Å². The monoisotopic (exact) mass is 281 g/mol. The maximum Gasteiger partial charge on any atom is 0.161 e. The molecule has 1 aliphatic rings. The van der Waals surface area contributed by atoms with E-state index in [4.69, 9.17) is 4.74 Å². The summed E-state index contributed by atoms with van der Waals surface area (Å²) in [6, 6.07) is 2.06. The average Bonchev–Trinajstić information content (AvgIpc) is 2.85. The minimum Gasteiger partial charge on any atom is -0.386 e. The van der Waals surface area contributed by atoms with Crippen molar-refractivity contribution < 1.29 is 18.6 Å². The van der Waals surface area contributed by atoms with Crippen molar-refractivity contribution in [2.24, 2.45) is 0 Å². The molecule has 1 atom stereocenters. The molecule has 0 bridgehead atoms. The molecule has 0 amide bonds. The molecule has 2 aromatic rings. The summed E-state index contributed by atoms with van der Waals surface area (Å²) in [4.78, 5) is 7.90. The number of benzene rings is 1. The van der Waals surface area contributed by atoms with Crippen molar-refractivity contribution in [3.05, 3.63) is 30.1 Å². The van der Waals surface area contributed by atoms with Gasteiger partial charge in [0.1, 0.15) is 17.7 Å². The van der Waals surface area contributed by atoms with Crippen molar-refractivity contribution in [2.75, 3.05) is 25.1 Å². The predicted molar refractivity (Wildman–Crippen MR) is 68.3 cm³/mol.